The normalized spacial score (nSPS) is 11.6. The first-order chi connectivity index (χ1) is 29.8. The summed E-state index contributed by atoms with van der Waals surface area (Å²) in [7, 11) is 0. The third kappa shape index (κ3) is 55.0. The maximum atomic E-state index is 11.7. The Balaban J connectivity index is 3.09. The van der Waals surface area contributed by atoms with Crippen LogP contribution in [0, 0.1) is 0 Å². The molecule has 0 unspecified atom stereocenters. The molecule has 0 bridgehead atoms. The average molecular weight is 867 g/mol. The summed E-state index contributed by atoms with van der Waals surface area (Å²) in [4.78, 5) is 11.7. The fourth-order valence-corrected chi connectivity index (χ4v) is 6.04. The van der Waals surface area contributed by atoms with Crippen molar-refractivity contribution in [2.75, 3.05) is 152 Å². The zero-order valence-corrected chi connectivity index (χ0v) is 38.9. The van der Waals surface area contributed by atoms with E-state index < -0.39 is 0 Å². The molecule has 0 radical (unpaired) electrons. The maximum absolute atomic E-state index is 11.7. The predicted octanol–water partition coefficient (Wildman–Crippen LogP) is 8.94. The molecule has 13 heteroatoms. The number of ether oxygens (including phenoxy) is 12. The first kappa shape index (κ1) is 59.0. The van der Waals surface area contributed by atoms with Crippen molar-refractivity contribution in [3.05, 3.63) is 0 Å². The van der Waals surface area contributed by atoms with Gasteiger partial charge < -0.3 is 56.8 Å². The molecule has 0 aliphatic rings. The molecule has 0 aliphatic heterocycles. The van der Waals surface area contributed by atoms with Crippen molar-refractivity contribution >= 4 is 5.97 Å². The Morgan fingerprint density at radius 2 is 0.433 bits per heavy atom. The van der Waals surface area contributed by atoms with Gasteiger partial charge in [-0.2, -0.15) is 0 Å². The van der Waals surface area contributed by atoms with Crippen LogP contribution >= 0.6 is 0 Å². The van der Waals surface area contributed by atoms with Gasteiger partial charge in [-0.1, -0.05) is 129 Å². The van der Waals surface area contributed by atoms with Gasteiger partial charge in [0.15, 0.2) is 0 Å². The van der Waals surface area contributed by atoms with Crippen LogP contribution < -0.4 is 0 Å². The van der Waals surface area contributed by atoms with Gasteiger partial charge in [0.2, 0.25) is 0 Å². The van der Waals surface area contributed by atoms with Gasteiger partial charge in [-0.15, -0.1) is 0 Å². The van der Waals surface area contributed by atoms with Gasteiger partial charge in [-0.05, 0) is 12.8 Å². The summed E-state index contributed by atoms with van der Waals surface area (Å²) in [5, 5.41) is 0. The van der Waals surface area contributed by atoms with Crippen molar-refractivity contribution in [2.45, 2.75) is 149 Å². The van der Waals surface area contributed by atoms with Crippen LogP contribution in [0.5, 0.6) is 0 Å². The second-order valence-electron chi connectivity index (χ2n) is 15.1. The molecule has 60 heavy (non-hydrogen) atoms. The van der Waals surface area contributed by atoms with E-state index in [1.807, 2.05) is 0 Å². The number of esters is 1. The summed E-state index contributed by atoms with van der Waals surface area (Å²) in [6, 6.07) is 0. The Kier molecular flexibility index (Phi) is 55.1. The van der Waals surface area contributed by atoms with E-state index in [0.29, 0.717) is 145 Å². The number of rotatable bonds is 55. The molecule has 13 nitrogen and oxygen atoms in total. The van der Waals surface area contributed by atoms with Crippen LogP contribution in [0.25, 0.3) is 0 Å². The minimum absolute atomic E-state index is 0.139. The van der Waals surface area contributed by atoms with Crippen LogP contribution in [0.1, 0.15) is 149 Å². The summed E-state index contributed by atoms with van der Waals surface area (Å²) in [5.41, 5.74) is 0. The molecule has 0 saturated heterocycles. The van der Waals surface area contributed by atoms with Crippen LogP contribution in [-0.4, -0.2) is 158 Å². The van der Waals surface area contributed by atoms with Gasteiger partial charge in [0.1, 0.15) is 6.61 Å². The van der Waals surface area contributed by atoms with Crippen molar-refractivity contribution in [3.8, 4) is 0 Å². The summed E-state index contributed by atoms with van der Waals surface area (Å²) in [6.45, 7) is 16.4. The Labute approximate surface area is 367 Å². The second-order valence-corrected chi connectivity index (χ2v) is 15.1. The van der Waals surface area contributed by atoms with Crippen molar-refractivity contribution in [1.82, 2.24) is 0 Å². The van der Waals surface area contributed by atoms with Gasteiger partial charge >= 0.3 is 5.97 Å². The van der Waals surface area contributed by atoms with Gasteiger partial charge in [0.25, 0.3) is 0 Å². The Bertz CT molecular complexity index is 780. The summed E-state index contributed by atoms with van der Waals surface area (Å²) in [5.74, 6) is -0.139. The van der Waals surface area contributed by atoms with Crippen LogP contribution in [0.15, 0.2) is 0 Å². The topological polar surface area (TPSA) is 128 Å². The third-order valence-electron chi connectivity index (χ3n) is 9.59. The molecule has 0 fully saturated rings. The molecular weight excluding hydrogens is 773 g/mol. The minimum atomic E-state index is -0.139. The van der Waals surface area contributed by atoms with Crippen LogP contribution in [0.3, 0.4) is 0 Å². The molecule has 0 heterocycles. The highest BCUT2D eigenvalue weighted by Crippen LogP contribution is 2.13. The zero-order chi connectivity index (χ0) is 43.2. The number of unbranched alkanes of at least 4 members (excludes halogenated alkanes) is 18. The highest BCUT2D eigenvalue weighted by molar-refractivity contribution is 5.69. The Morgan fingerprint density at radius 1 is 0.233 bits per heavy atom. The van der Waals surface area contributed by atoms with E-state index in [0.717, 1.165) is 25.9 Å². The number of carbonyl (C=O) groups excluding carboxylic acids is 1. The Hall–Kier alpha value is -0.970. The first-order valence-electron chi connectivity index (χ1n) is 24.3. The molecule has 0 spiro atoms. The molecule has 0 amide bonds. The molecule has 0 aromatic carbocycles. The van der Waals surface area contributed by atoms with Gasteiger partial charge in [0.05, 0.1) is 139 Å². The molecule has 0 aromatic heterocycles. The number of hydrogen-bond donors (Lipinski definition) is 0. The largest absolute Gasteiger partial charge is 0.463 e. The van der Waals surface area contributed by atoms with E-state index in [4.69, 9.17) is 56.8 Å². The summed E-state index contributed by atoms with van der Waals surface area (Å²) in [6.07, 6.45) is 26.6. The van der Waals surface area contributed by atoms with Crippen molar-refractivity contribution < 1.29 is 61.6 Å². The lowest BCUT2D eigenvalue weighted by molar-refractivity contribution is -0.145. The molecule has 0 aromatic rings. The average Bonchev–Trinajstić information content (AvgIpc) is 3.25. The lowest BCUT2D eigenvalue weighted by atomic mass is 10.0. The van der Waals surface area contributed by atoms with Gasteiger partial charge in [-0.3, -0.25) is 4.79 Å². The van der Waals surface area contributed by atoms with Gasteiger partial charge in [-0.25, -0.2) is 0 Å². The Morgan fingerprint density at radius 3 is 0.700 bits per heavy atom. The first-order valence-corrected chi connectivity index (χ1v) is 24.3. The quantitative estimate of drug-likeness (QED) is 0.0427. The standard InChI is InChI=1S/C47H94O13/c1-3-5-7-9-11-12-13-14-15-16-18-20-22-24-49-25-26-50-27-28-51-29-30-52-31-32-53-33-34-54-35-36-55-37-38-56-39-40-57-41-42-58-43-44-59-45-46-60-47(48)23-21-19-17-10-8-6-4-2/h3-46H2,1-2H3. The zero-order valence-electron chi connectivity index (χ0n) is 38.9. The van der Waals surface area contributed by atoms with Crippen molar-refractivity contribution in [3.63, 3.8) is 0 Å². The fourth-order valence-electron chi connectivity index (χ4n) is 6.04. The summed E-state index contributed by atoms with van der Waals surface area (Å²) >= 11 is 0. The molecule has 0 N–H and O–H groups in total. The number of carbonyl (C=O) groups is 1. The van der Waals surface area contributed by atoms with E-state index in [9.17, 15) is 4.79 Å². The third-order valence-corrected chi connectivity index (χ3v) is 9.59. The lowest BCUT2D eigenvalue weighted by Gasteiger charge is -2.09. The van der Waals surface area contributed by atoms with Crippen molar-refractivity contribution in [1.29, 1.82) is 0 Å². The second kappa shape index (κ2) is 56.0. The molecule has 0 atom stereocenters. The van der Waals surface area contributed by atoms with E-state index in [2.05, 4.69) is 13.8 Å². The van der Waals surface area contributed by atoms with Gasteiger partial charge in [0, 0.05) is 13.0 Å². The smallest absolute Gasteiger partial charge is 0.305 e. The van der Waals surface area contributed by atoms with Crippen LogP contribution in [0.2, 0.25) is 0 Å². The molecule has 0 rings (SSSR count). The predicted molar refractivity (Wildman–Crippen MR) is 238 cm³/mol. The SMILES string of the molecule is CCCCCCCCCCCCCCCOCCOCCOCCOCCOCCOCCOCCOCCOCCOCCOCCOC(=O)CCCCCCCCC. The molecule has 0 aliphatic carbocycles. The summed E-state index contributed by atoms with van der Waals surface area (Å²) < 4.78 is 66.1. The van der Waals surface area contributed by atoms with E-state index in [-0.39, 0.29) is 12.6 Å². The van der Waals surface area contributed by atoms with Crippen molar-refractivity contribution in [2.24, 2.45) is 0 Å². The lowest BCUT2D eigenvalue weighted by Crippen LogP contribution is -2.15. The molecular formula is C47H94O13. The fraction of sp³-hybridized carbons (Fsp3) is 0.979. The van der Waals surface area contributed by atoms with Crippen LogP contribution in [0.4, 0.5) is 0 Å². The number of hydrogen-bond acceptors (Lipinski definition) is 13. The van der Waals surface area contributed by atoms with E-state index >= 15 is 0 Å². The highest BCUT2D eigenvalue weighted by Gasteiger charge is 2.03. The van der Waals surface area contributed by atoms with Crippen LogP contribution in [-0.2, 0) is 61.6 Å². The molecule has 360 valence electrons. The van der Waals surface area contributed by atoms with E-state index in [1.54, 1.807) is 0 Å². The molecule has 0 saturated carbocycles. The van der Waals surface area contributed by atoms with E-state index in [1.165, 1.54) is 109 Å². The minimum Gasteiger partial charge on any atom is -0.463 e. The maximum Gasteiger partial charge on any atom is 0.305 e. The highest BCUT2D eigenvalue weighted by atomic mass is 16.6. The monoisotopic (exact) mass is 867 g/mol.